The van der Waals surface area contributed by atoms with E-state index in [2.05, 4.69) is 5.32 Å². The fourth-order valence-corrected chi connectivity index (χ4v) is 2.37. The first-order valence-electron chi connectivity index (χ1n) is 5.19. The van der Waals surface area contributed by atoms with Gasteiger partial charge in [0.05, 0.1) is 4.88 Å². The molecule has 1 N–H and O–H groups in total. The summed E-state index contributed by atoms with van der Waals surface area (Å²) in [6.45, 7) is 3.66. The van der Waals surface area contributed by atoms with Gasteiger partial charge in [-0.1, -0.05) is 0 Å². The minimum Gasteiger partial charge on any atom is -0.321 e. The molecule has 4 heteroatoms. The predicted molar refractivity (Wildman–Crippen MR) is 68.1 cm³/mol. The van der Waals surface area contributed by atoms with E-state index in [4.69, 9.17) is 0 Å². The monoisotopic (exact) mass is 249 g/mol. The van der Waals surface area contributed by atoms with Crippen LogP contribution in [-0.2, 0) is 0 Å². The number of amides is 1. The van der Waals surface area contributed by atoms with Crippen LogP contribution in [-0.4, -0.2) is 5.91 Å². The normalized spacial score (nSPS) is 10.3. The summed E-state index contributed by atoms with van der Waals surface area (Å²) in [5, 5.41) is 4.66. The molecule has 1 aromatic carbocycles. The molecule has 0 aliphatic heterocycles. The molecule has 0 unspecified atom stereocenters. The Morgan fingerprint density at radius 1 is 1.24 bits per heavy atom. The molecule has 0 fully saturated rings. The molecular formula is C13H12FNOS. The highest BCUT2D eigenvalue weighted by atomic mass is 32.1. The van der Waals surface area contributed by atoms with Crippen molar-refractivity contribution in [3.63, 3.8) is 0 Å². The standard InChI is InChI=1S/C13H12FNOS/c1-8-5-6-17-12(8)13(16)15-11-4-3-10(14)7-9(11)2/h3-7H,1-2H3,(H,15,16). The first-order chi connectivity index (χ1) is 8.08. The van der Waals surface area contributed by atoms with Crippen LogP contribution < -0.4 is 5.32 Å². The zero-order chi connectivity index (χ0) is 12.4. The fraction of sp³-hybridized carbons (Fsp3) is 0.154. The molecule has 1 aromatic heterocycles. The van der Waals surface area contributed by atoms with Crippen LogP contribution in [0.3, 0.4) is 0 Å². The molecule has 0 atom stereocenters. The SMILES string of the molecule is Cc1cc(F)ccc1NC(=O)c1sccc1C. The number of anilines is 1. The Labute approximate surface area is 103 Å². The second-order valence-electron chi connectivity index (χ2n) is 3.85. The van der Waals surface area contributed by atoms with E-state index in [1.54, 1.807) is 13.0 Å². The van der Waals surface area contributed by atoms with E-state index in [9.17, 15) is 9.18 Å². The maximum atomic E-state index is 12.9. The van der Waals surface area contributed by atoms with Crippen molar-refractivity contribution in [3.05, 3.63) is 51.5 Å². The summed E-state index contributed by atoms with van der Waals surface area (Å²) in [5.41, 5.74) is 2.31. The average Bonchev–Trinajstić information content (AvgIpc) is 2.68. The Balaban J connectivity index is 2.22. The van der Waals surface area contributed by atoms with Crippen LogP contribution in [0.15, 0.2) is 29.6 Å². The van der Waals surface area contributed by atoms with Gasteiger partial charge in [-0.2, -0.15) is 0 Å². The number of carbonyl (C=O) groups excluding carboxylic acids is 1. The molecule has 0 radical (unpaired) electrons. The van der Waals surface area contributed by atoms with E-state index < -0.39 is 0 Å². The van der Waals surface area contributed by atoms with Gasteiger partial charge in [0.1, 0.15) is 5.82 Å². The van der Waals surface area contributed by atoms with Crippen molar-refractivity contribution in [2.45, 2.75) is 13.8 Å². The minimum absolute atomic E-state index is 0.146. The van der Waals surface area contributed by atoms with Crippen molar-refractivity contribution in [3.8, 4) is 0 Å². The molecule has 0 aliphatic rings. The summed E-state index contributed by atoms with van der Waals surface area (Å²) in [4.78, 5) is 12.6. The summed E-state index contributed by atoms with van der Waals surface area (Å²) < 4.78 is 12.9. The van der Waals surface area contributed by atoms with E-state index in [0.717, 1.165) is 5.56 Å². The fourth-order valence-electron chi connectivity index (χ4n) is 1.55. The van der Waals surface area contributed by atoms with E-state index in [1.807, 2.05) is 18.4 Å². The molecule has 0 saturated carbocycles. The Morgan fingerprint density at radius 3 is 2.59 bits per heavy atom. The molecule has 1 heterocycles. The molecule has 2 nitrogen and oxygen atoms in total. The summed E-state index contributed by atoms with van der Waals surface area (Å²) in [5.74, 6) is -0.444. The van der Waals surface area contributed by atoms with Crippen molar-refractivity contribution in [1.29, 1.82) is 0 Å². The Hall–Kier alpha value is -1.68. The molecule has 0 bridgehead atoms. The van der Waals surface area contributed by atoms with Crippen LogP contribution in [0.4, 0.5) is 10.1 Å². The van der Waals surface area contributed by atoms with Crippen LogP contribution in [0, 0.1) is 19.7 Å². The number of rotatable bonds is 2. The van der Waals surface area contributed by atoms with Gasteiger partial charge in [0.15, 0.2) is 0 Å². The molecule has 1 amide bonds. The quantitative estimate of drug-likeness (QED) is 0.862. The van der Waals surface area contributed by atoms with Gasteiger partial charge >= 0.3 is 0 Å². The van der Waals surface area contributed by atoms with Gasteiger partial charge in [0, 0.05) is 5.69 Å². The number of aryl methyl sites for hydroxylation is 2. The average molecular weight is 249 g/mol. The maximum absolute atomic E-state index is 12.9. The van der Waals surface area contributed by atoms with Crippen LogP contribution in [0.2, 0.25) is 0 Å². The number of hydrogen-bond acceptors (Lipinski definition) is 2. The number of benzene rings is 1. The number of nitrogens with one attached hydrogen (secondary N) is 1. The van der Waals surface area contributed by atoms with Gasteiger partial charge in [0.25, 0.3) is 5.91 Å². The summed E-state index contributed by atoms with van der Waals surface area (Å²) in [6.07, 6.45) is 0. The number of hydrogen-bond donors (Lipinski definition) is 1. The second-order valence-corrected chi connectivity index (χ2v) is 4.76. The van der Waals surface area contributed by atoms with Crippen molar-refractivity contribution < 1.29 is 9.18 Å². The first-order valence-corrected chi connectivity index (χ1v) is 6.07. The maximum Gasteiger partial charge on any atom is 0.266 e. The topological polar surface area (TPSA) is 29.1 Å². The highest BCUT2D eigenvalue weighted by Gasteiger charge is 2.11. The Kier molecular flexibility index (Phi) is 3.24. The molecule has 0 saturated heterocycles. The van der Waals surface area contributed by atoms with Gasteiger partial charge in [-0.25, -0.2) is 4.39 Å². The molecular weight excluding hydrogens is 237 g/mol. The van der Waals surface area contributed by atoms with Gasteiger partial charge < -0.3 is 5.32 Å². The lowest BCUT2D eigenvalue weighted by atomic mass is 10.2. The third-order valence-corrected chi connectivity index (χ3v) is 3.52. The molecule has 0 spiro atoms. The number of thiophene rings is 1. The number of carbonyl (C=O) groups is 1. The van der Waals surface area contributed by atoms with E-state index in [-0.39, 0.29) is 11.7 Å². The molecule has 88 valence electrons. The smallest absolute Gasteiger partial charge is 0.266 e. The van der Waals surface area contributed by atoms with Crippen molar-refractivity contribution >= 4 is 22.9 Å². The Morgan fingerprint density at radius 2 is 2.00 bits per heavy atom. The zero-order valence-corrected chi connectivity index (χ0v) is 10.4. The van der Waals surface area contributed by atoms with Crippen molar-refractivity contribution in [2.75, 3.05) is 5.32 Å². The number of halogens is 1. The minimum atomic E-state index is -0.298. The van der Waals surface area contributed by atoms with Crippen LogP contribution >= 0.6 is 11.3 Å². The van der Waals surface area contributed by atoms with Gasteiger partial charge in [0.2, 0.25) is 0 Å². The van der Waals surface area contributed by atoms with Gasteiger partial charge in [-0.15, -0.1) is 11.3 Å². The lowest BCUT2D eigenvalue weighted by molar-refractivity contribution is 0.103. The van der Waals surface area contributed by atoms with Crippen molar-refractivity contribution in [2.24, 2.45) is 0 Å². The third-order valence-electron chi connectivity index (χ3n) is 2.50. The molecule has 0 aliphatic carbocycles. The van der Waals surface area contributed by atoms with Crippen LogP contribution in [0.5, 0.6) is 0 Å². The summed E-state index contributed by atoms with van der Waals surface area (Å²) in [6, 6.07) is 6.21. The van der Waals surface area contributed by atoms with Gasteiger partial charge in [-0.3, -0.25) is 4.79 Å². The molecule has 17 heavy (non-hydrogen) atoms. The molecule has 2 rings (SSSR count). The third kappa shape index (κ3) is 2.53. The van der Waals surface area contributed by atoms with E-state index in [0.29, 0.717) is 16.1 Å². The molecule has 2 aromatic rings. The van der Waals surface area contributed by atoms with E-state index >= 15 is 0 Å². The van der Waals surface area contributed by atoms with Crippen LogP contribution in [0.25, 0.3) is 0 Å². The summed E-state index contributed by atoms with van der Waals surface area (Å²) in [7, 11) is 0. The predicted octanol–water partition coefficient (Wildman–Crippen LogP) is 3.76. The zero-order valence-electron chi connectivity index (χ0n) is 9.58. The van der Waals surface area contributed by atoms with Crippen molar-refractivity contribution in [1.82, 2.24) is 0 Å². The largest absolute Gasteiger partial charge is 0.321 e. The second kappa shape index (κ2) is 4.67. The highest BCUT2D eigenvalue weighted by Crippen LogP contribution is 2.20. The Bertz CT molecular complexity index is 562. The lowest BCUT2D eigenvalue weighted by Gasteiger charge is -2.07. The lowest BCUT2D eigenvalue weighted by Crippen LogP contribution is -2.12. The van der Waals surface area contributed by atoms with Crippen LogP contribution in [0.1, 0.15) is 20.8 Å². The van der Waals surface area contributed by atoms with Gasteiger partial charge in [-0.05, 0) is 54.6 Å². The van der Waals surface area contributed by atoms with E-state index in [1.165, 1.54) is 23.5 Å². The first kappa shape index (κ1) is 11.8. The summed E-state index contributed by atoms with van der Waals surface area (Å²) >= 11 is 1.40. The highest BCUT2D eigenvalue weighted by molar-refractivity contribution is 7.12.